The lowest BCUT2D eigenvalue weighted by atomic mass is 10.0. The van der Waals surface area contributed by atoms with E-state index in [2.05, 4.69) is 57.2 Å². The highest BCUT2D eigenvalue weighted by molar-refractivity contribution is 5.71. The van der Waals surface area contributed by atoms with E-state index < -0.39 is 6.10 Å². The molecule has 0 bridgehead atoms. The summed E-state index contributed by atoms with van der Waals surface area (Å²) < 4.78 is 16.9. The Balaban J connectivity index is 4.30. The zero-order valence-electron chi connectivity index (χ0n) is 48.5. The Morgan fingerprint density at radius 2 is 0.500 bits per heavy atom. The number of rotatable bonds is 59. The topological polar surface area (TPSA) is 78.9 Å². The van der Waals surface area contributed by atoms with Crippen LogP contribution in [0, 0.1) is 0 Å². The molecular formula is C66H122O6. The molecule has 0 N–H and O–H groups in total. The van der Waals surface area contributed by atoms with Crippen molar-refractivity contribution in [2.24, 2.45) is 0 Å². The second-order valence-electron chi connectivity index (χ2n) is 21.7. The molecule has 6 nitrogen and oxygen atoms in total. The molecule has 0 heterocycles. The van der Waals surface area contributed by atoms with Gasteiger partial charge in [-0.2, -0.15) is 0 Å². The van der Waals surface area contributed by atoms with Crippen LogP contribution < -0.4 is 0 Å². The highest BCUT2D eigenvalue weighted by Gasteiger charge is 2.19. The first-order valence-electron chi connectivity index (χ1n) is 32.0. The summed E-state index contributed by atoms with van der Waals surface area (Å²) in [5.41, 5.74) is 0. The minimum atomic E-state index is -0.778. The summed E-state index contributed by atoms with van der Waals surface area (Å²) in [7, 11) is 0. The standard InChI is InChI=1S/C66H122O6/c1-4-7-10-13-16-19-22-25-28-30-32-33-34-35-37-38-41-44-47-50-53-56-59-65(68)71-62-63(61-70-64(67)58-55-52-49-46-43-40-27-24-21-18-15-12-9-6-3)72-66(69)60-57-54-51-48-45-42-39-36-31-29-26-23-20-17-14-11-8-5-2/h20,23-24,27,29,31,63H,4-19,21-22,25-26,28,30,32-62H2,1-3H3/b23-20-,27-24-,31-29-. The SMILES string of the molecule is CCCCCC/C=C\C/C=C\CCCCCCCCCC(=O)OC(COC(=O)CCCCCCC/C=C\CCCCCCC)COC(=O)CCCCCCCCCCCCCCCCCCCCCCCC. The van der Waals surface area contributed by atoms with Gasteiger partial charge in [0.1, 0.15) is 13.2 Å². The Morgan fingerprint density at radius 3 is 0.792 bits per heavy atom. The fourth-order valence-corrected chi connectivity index (χ4v) is 9.53. The molecule has 1 atom stereocenters. The van der Waals surface area contributed by atoms with E-state index in [1.165, 1.54) is 231 Å². The van der Waals surface area contributed by atoms with Gasteiger partial charge in [-0.3, -0.25) is 14.4 Å². The van der Waals surface area contributed by atoms with Gasteiger partial charge >= 0.3 is 17.9 Å². The number of carbonyl (C=O) groups is 3. The Hall–Kier alpha value is -2.37. The molecule has 422 valence electrons. The van der Waals surface area contributed by atoms with E-state index in [1.807, 2.05) is 0 Å². The average molecular weight is 1010 g/mol. The second kappa shape index (κ2) is 61.2. The molecule has 0 radical (unpaired) electrons. The van der Waals surface area contributed by atoms with Gasteiger partial charge in [0.2, 0.25) is 0 Å². The van der Waals surface area contributed by atoms with Gasteiger partial charge in [-0.1, -0.05) is 288 Å². The van der Waals surface area contributed by atoms with Crippen LogP contribution in [0.3, 0.4) is 0 Å². The van der Waals surface area contributed by atoms with Crippen LogP contribution in [0.25, 0.3) is 0 Å². The fourth-order valence-electron chi connectivity index (χ4n) is 9.53. The van der Waals surface area contributed by atoms with Gasteiger partial charge in [-0.15, -0.1) is 0 Å². The van der Waals surface area contributed by atoms with Gasteiger partial charge in [-0.25, -0.2) is 0 Å². The van der Waals surface area contributed by atoms with Crippen molar-refractivity contribution in [2.75, 3.05) is 13.2 Å². The molecule has 0 aromatic rings. The Labute approximate surface area is 448 Å². The van der Waals surface area contributed by atoms with E-state index in [-0.39, 0.29) is 31.1 Å². The molecule has 0 spiro atoms. The van der Waals surface area contributed by atoms with Crippen molar-refractivity contribution in [1.82, 2.24) is 0 Å². The van der Waals surface area contributed by atoms with Crippen LogP contribution in [0.1, 0.15) is 348 Å². The van der Waals surface area contributed by atoms with E-state index in [0.29, 0.717) is 19.3 Å². The summed E-state index contributed by atoms with van der Waals surface area (Å²) >= 11 is 0. The Morgan fingerprint density at radius 1 is 0.278 bits per heavy atom. The molecule has 0 aromatic carbocycles. The molecule has 0 fully saturated rings. The third kappa shape index (κ3) is 58.5. The maximum atomic E-state index is 12.9. The van der Waals surface area contributed by atoms with Crippen LogP contribution in [0.2, 0.25) is 0 Å². The maximum absolute atomic E-state index is 12.9. The van der Waals surface area contributed by atoms with E-state index in [1.54, 1.807) is 0 Å². The van der Waals surface area contributed by atoms with Crippen molar-refractivity contribution < 1.29 is 28.6 Å². The van der Waals surface area contributed by atoms with Crippen LogP contribution in [-0.4, -0.2) is 37.2 Å². The van der Waals surface area contributed by atoms with E-state index in [9.17, 15) is 14.4 Å². The number of esters is 3. The summed E-state index contributed by atoms with van der Waals surface area (Å²) in [5.74, 6) is -0.868. The lowest BCUT2D eigenvalue weighted by Gasteiger charge is -2.18. The summed E-state index contributed by atoms with van der Waals surface area (Å²) in [6.45, 7) is 6.66. The van der Waals surface area contributed by atoms with Crippen molar-refractivity contribution in [1.29, 1.82) is 0 Å². The minimum absolute atomic E-state index is 0.0739. The molecular weight excluding hydrogens is 889 g/mol. The van der Waals surface area contributed by atoms with E-state index in [0.717, 1.165) is 77.0 Å². The van der Waals surface area contributed by atoms with Crippen molar-refractivity contribution in [3.05, 3.63) is 36.5 Å². The number of ether oxygens (including phenoxy) is 3. The van der Waals surface area contributed by atoms with Gasteiger partial charge in [0.25, 0.3) is 0 Å². The fraction of sp³-hybridized carbons (Fsp3) is 0.864. The molecule has 0 aliphatic heterocycles. The highest BCUT2D eigenvalue weighted by atomic mass is 16.6. The summed E-state index contributed by atoms with van der Waals surface area (Å²) in [6, 6.07) is 0. The number of unbranched alkanes of at least 4 members (excludes halogenated alkanes) is 42. The molecule has 0 aromatic heterocycles. The van der Waals surface area contributed by atoms with Crippen molar-refractivity contribution in [3.8, 4) is 0 Å². The summed E-state index contributed by atoms with van der Waals surface area (Å²) in [5, 5.41) is 0. The van der Waals surface area contributed by atoms with Crippen LogP contribution in [-0.2, 0) is 28.6 Å². The minimum Gasteiger partial charge on any atom is -0.462 e. The number of allylic oxidation sites excluding steroid dienone is 6. The van der Waals surface area contributed by atoms with Crippen LogP contribution in [0.15, 0.2) is 36.5 Å². The largest absolute Gasteiger partial charge is 0.462 e. The smallest absolute Gasteiger partial charge is 0.306 e. The first-order chi connectivity index (χ1) is 35.5. The first-order valence-corrected chi connectivity index (χ1v) is 32.0. The first kappa shape index (κ1) is 69.6. The average Bonchev–Trinajstić information content (AvgIpc) is 3.38. The predicted molar refractivity (Wildman–Crippen MR) is 312 cm³/mol. The van der Waals surface area contributed by atoms with Crippen molar-refractivity contribution in [2.45, 2.75) is 354 Å². The molecule has 1 unspecified atom stereocenters. The van der Waals surface area contributed by atoms with Crippen LogP contribution in [0.5, 0.6) is 0 Å². The van der Waals surface area contributed by atoms with E-state index in [4.69, 9.17) is 14.2 Å². The lowest BCUT2D eigenvalue weighted by Crippen LogP contribution is -2.30. The Kier molecular flexibility index (Phi) is 59.2. The quantitative estimate of drug-likeness (QED) is 0.0261. The molecule has 0 saturated carbocycles. The summed E-state index contributed by atoms with van der Waals surface area (Å²) in [6.07, 6.45) is 74.3. The molecule has 0 aliphatic rings. The zero-order valence-corrected chi connectivity index (χ0v) is 48.5. The van der Waals surface area contributed by atoms with Crippen LogP contribution >= 0.6 is 0 Å². The molecule has 0 rings (SSSR count). The maximum Gasteiger partial charge on any atom is 0.306 e. The Bertz CT molecular complexity index is 1210. The molecule has 0 aliphatic carbocycles. The van der Waals surface area contributed by atoms with Gasteiger partial charge in [0.05, 0.1) is 0 Å². The number of hydrogen-bond acceptors (Lipinski definition) is 6. The van der Waals surface area contributed by atoms with Crippen LogP contribution in [0.4, 0.5) is 0 Å². The van der Waals surface area contributed by atoms with E-state index >= 15 is 0 Å². The monoisotopic (exact) mass is 1010 g/mol. The summed E-state index contributed by atoms with van der Waals surface area (Å²) in [4.78, 5) is 38.3. The normalized spacial score (nSPS) is 12.2. The number of hydrogen-bond donors (Lipinski definition) is 0. The van der Waals surface area contributed by atoms with Crippen molar-refractivity contribution >= 4 is 17.9 Å². The lowest BCUT2D eigenvalue weighted by molar-refractivity contribution is -0.167. The van der Waals surface area contributed by atoms with Gasteiger partial charge in [0.15, 0.2) is 6.10 Å². The zero-order chi connectivity index (χ0) is 52.2. The van der Waals surface area contributed by atoms with Gasteiger partial charge in [0, 0.05) is 19.3 Å². The molecule has 0 saturated heterocycles. The van der Waals surface area contributed by atoms with Crippen molar-refractivity contribution in [3.63, 3.8) is 0 Å². The molecule has 72 heavy (non-hydrogen) atoms. The molecule has 0 amide bonds. The van der Waals surface area contributed by atoms with Gasteiger partial charge < -0.3 is 14.2 Å². The third-order valence-electron chi connectivity index (χ3n) is 14.4. The number of carbonyl (C=O) groups excluding carboxylic acids is 3. The second-order valence-corrected chi connectivity index (χ2v) is 21.7. The van der Waals surface area contributed by atoms with Gasteiger partial charge in [-0.05, 0) is 77.0 Å². The highest BCUT2D eigenvalue weighted by Crippen LogP contribution is 2.17. The predicted octanol–water partition coefficient (Wildman–Crippen LogP) is 21.6. The molecule has 6 heteroatoms. The third-order valence-corrected chi connectivity index (χ3v) is 14.4.